The molecule has 8 heteroatoms. The molecular formula is C18H16F4N4. The molecule has 3 aromatic rings. The number of nitrogens with one attached hydrogen (secondary N) is 1. The monoisotopic (exact) mass is 364 g/mol. The van der Waals surface area contributed by atoms with E-state index in [1.807, 2.05) is 20.8 Å². The average molecular weight is 364 g/mol. The van der Waals surface area contributed by atoms with Gasteiger partial charge < -0.3 is 5.32 Å². The van der Waals surface area contributed by atoms with Gasteiger partial charge in [0.05, 0.1) is 16.8 Å². The fraction of sp³-hybridized carbons (Fsp3) is 0.278. The van der Waals surface area contributed by atoms with Gasteiger partial charge in [-0.3, -0.25) is 0 Å². The van der Waals surface area contributed by atoms with E-state index in [-0.39, 0.29) is 28.8 Å². The van der Waals surface area contributed by atoms with E-state index < -0.39 is 34.5 Å². The molecule has 1 atom stereocenters. The zero-order valence-corrected chi connectivity index (χ0v) is 14.3. The minimum Gasteiger partial charge on any atom is -0.380 e. The van der Waals surface area contributed by atoms with Gasteiger partial charge in [-0.1, -0.05) is 13.8 Å². The maximum atomic E-state index is 14.7. The van der Waals surface area contributed by atoms with Crippen LogP contribution in [-0.2, 0) is 0 Å². The first-order valence-corrected chi connectivity index (χ1v) is 8.01. The maximum Gasteiger partial charge on any atom is 0.225 e. The van der Waals surface area contributed by atoms with E-state index in [0.717, 1.165) is 0 Å². The summed E-state index contributed by atoms with van der Waals surface area (Å²) in [4.78, 5) is 11.7. The summed E-state index contributed by atoms with van der Waals surface area (Å²) in [5, 5.41) is 3.05. The van der Waals surface area contributed by atoms with Crippen molar-refractivity contribution in [1.82, 2.24) is 15.0 Å². The van der Waals surface area contributed by atoms with Crippen molar-refractivity contribution in [3.8, 4) is 11.1 Å². The van der Waals surface area contributed by atoms with Crippen molar-refractivity contribution in [3.63, 3.8) is 0 Å². The standard InChI is InChI=1S/C18H16F4N4/c1-8(2)9(3)25-15-14(13-11(20)6-10(19)7-12(13)21)17(22)26-18-16(15)23-4-5-24-18/h4-9H,1-3H3,(H,24,25,26)/t9-/m1/s1. The molecule has 0 aliphatic rings. The zero-order chi connectivity index (χ0) is 19.0. The van der Waals surface area contributed by atoms with Crippen LogP contribution in [0.1, 0.15) is 20.8 Å². The van der Waals surface area contributed by atoms with E-state index in [9.17, 15) is 17.6 Å². The van der Waals surface area contributed by atoms with Gasteiger partial charge in [0, 0.05) is 30.6 Å². The van der Waals surface area contributed by atoms with Crippen LogP contribution in [0, 0.1) is 29.3 Å². The Bertz CT molecular complexity index is 952. The van der Waals surface area contributed by atoms with Crippen molar-refractivity contribution < 1.29 is 17.6 Å². The van der Waals surface area contributed by atoms with Crippen molar-refractivity contribution in [2.75, 3.05) is 5.32 Å². The second kappa shape index (κ2) is 6.86. The van der Waals surface area contributed by atoms with E-state index in [1.54, 1.807) is 0 Å². The molecule has 0 unspecified atom stereocenters. The van der Waals surface area contributed by atoms with Crippen molar-refractivity contribution in [2.24, 2.45) is 5.92 Å². The molecule has 136 valence electrons. The lowest BCUT2D eigenvalue weighted by molar-refractivity contribution is 0.540. The molecular weight excluding hydrogens is 348 g/mol. The fourth-order valence-electron chi connectivity index (χ4n) is 2.50. The highest BCUT2D eigenvalue weighted by molar-refractivity contribution is 5.95. The Morgan fingerprint density at radius 3 is 2.12 bits per heavy atom. The molecule has 0 spiro atoms. The molecule has 1 aromatic carbocycles. The highest BCUT2D eigenvalue weighted by atomic mass is 19.1. The maximum absolute atomic E-state index is 14.7. The normalized spacial score (nSPS) is 12.6. The molecule has 0 aliphatic carbocycles. The number of aromatic nitrogens is 3. The predicted molar refractivity (Wildman–Crippen MR) is 90.5 cm³/mol. The van der Waals surface area contributed by atoms with Crippen LogP contribution >= 0.6 is 0 Å². The second-order valence-electron chi connectivity index (χ2n) is 6.30. The molecule has 0 radical (unpaired) electrons. The molecule has 0 amide bonds. The van der Waals surface area contributed by atoms with Crippen LogP contribution in [0.25, 0.3) is 22.3 Å². The van der Waals surface area contributed by atoms with Crippen molar-refractivity contribution in [1.29, 1.82) is 0 Å². The van der Waals surface area contributed by atoms with E-state index in [4.69, 9.17) is 0 Å². The fourth-order valence-corrected chi connectivity index (χ4v) is 2.50. The van der Waals surface area contributed by atoms with E-state index in [0.29, 0.717) is 12.1 Å². The number of hydrogen-bond donors (Lipinski definition) is 1. The summed E-state index contributed by atoms with van der Waals surface area (Å²) < 4.78 is 56.6. The van der Waals surface area contributed by atoms with Gasteiger partial charge in [0.1, 0.15) is 23.0 Å². The summed E-state index contributed by atoms with van der Waals surface area (Å²) in [6, 6.07) is 0.815. The van der Waals surface area contributed by atoms with Gasteiger partial charge in [0.25, 0.3) is 0 Å². The Kier molecular flexibility index (Phi) is 4.76. The van der Waals surface area contributed by atoms with Gasteiger partial charge in [-0.05, 0) is 12.8 Å². The third-order valence-electron chi connectivity index (χ3n) is 4.20. The zero-order valence-electron chi connectivity index (χ0n) is 14.3. The summed E-state index contributed by atoms with van der Waals surface area (Å²) in [7, 11) is 0. The Morgan fingerprint density at radius 2 is 1.50 bits per heavy atom. The Balaban J connectivity index is 2.36. The van der Waals surface area contributed by atoms with Gasteiger partial charge in [-0.2, -0.15) is 9.37 Å². The number of rotatable bonds is 4. The van der Waals surface area contributed by atoms with Crippen LogP contribution in [-0.4, -0.2) is 21.0 Å². The highest BCUT2D eigenvalue weighted by Gasteiger charge is 2.26. The van der Waals surface area contributed by atoms with Gasteiger partial charge in [0.2, 0.25) is 5.95 Å². The largest absolute Gasteiger partial charge is 0.380 e. The topological polar surface area (TPSA) is 50.7 Å². The quantitative estimate of drug-likeness (QED) is 0.538. The second-order valence-corrected chi connectivity index (χ2v) is 6.30. The van der Waals surface area contributed by atoms with Crippen LogP contribution in [0.2, 0.25) is 0 Å². The number of hydrogen-bond acceptors (Lipinski definition) is 4. The van der Waals surface area contributed by atoms with Crippen LogP contribution < -0.4 is 5.32 Å². The molecule has 2 aromatic heterocycles. The summed E-state index contributed by atoms with van der Waals surface area (Å²) in [5.41, 5.74) is -0.927. The molecule has 0 saturated heterocycles. The average Bonchev–Trinajstić information content (AvgIpc) is 2.56. The number of anilines is 1. The molecule has 26 heavy (non-hydrogen) atoms. The highest BCUT2D eigenvalue weighted by Crippen LogP contribution is 2.38. The Labute approximate surface area is 147 Å². The van der Waals surface area contributed by atoms with Crippen LogP contribution in [0.4, 0.5) is 23.2 Å². The molecule has 3 rings (SSSR count). The predicted octanol–water partition coefficient (Wildman–Crippen LogP) is 4.70. The number of benzene rings is 1. The number of pyridine rings is 1. The smallest absolute Gasteiger partial charge is 0.225 e. The molecule has 4 nitrogen and oxygen atoms in total. The molecule has 0 aliphatic heterocycles. The lowest BCUT2D eigenvalue weighted by atomic mass is 10.0. The first-order chi connectivity index (χ1) is 12.3. The minimum absolute atomic E-state index is 0.00451. The van der Waals surface area contributed by atoms with Gasteiger partial charge in [-0.15, -0.1) is 0 Å². The van der Waals surface area contributed by atoms with Gasteiger partial charge >= 0.3 is 0 Å². The summed E-state index contributed by atoms with van der Waals surface area (Å²) in [6.07, 6.45) is 2.71. The summed E-state index contributed by atoms with van der Waals surface area (Å²) in [6.45, 7) is 5.70. The third-order valence-corrected chi connectivity index (χ3v) is 4.20. The summed E-state index contributed by atoms with van der Waals surface area (Å²) >= 11 is 0. The molecule has 0 bridgehead atoms. The van der Waals surface area contributed by atoms with Crippen LogP contribution in [0.15, 0.2) is 24.5 Å². The summed E-state index contributed by atoms with van der Waals surface area (Å²) in [5.74, 6) is -4.55. The first kappa shape index (κ1) is 18.0. The first-order valence-electron chi connectivity index (χ1n) is 8.01. The molecule has 2 heterocycles. The van der Waals surface area contributed by atoms with Crippen molar-refractivity contribution in [2.45, 2.75) is 26.8 Å². The van der Waals surface area contributed by atoms with E-state index in [1.165, 1.54) is 12.4 Å². The van der Waals surface area contributed by atoms with Gasteiger partial charge in [0.15, 0.2) is 5.65 Å². The third kappa shape index (κ3) is 3.18. The van der Waals surface area contributed by atoms with E-state index in [2.05, 4.69) is 20.3 Å². The van der Waals surface area contributed by atoms with E-state index >= 15 is 0 Å². The number of nitrogens with zero attached hydrogens (tertiary/aromatic N) is 3. The Morgan fingerprint density at radius 1 is 0.885 bits per heavy atom. The molecule has 0 saturated carbocycles. The SMILES string of the molecule is CC(C)[C@@H](C)Nc1c(-c2c(F)cc(F)cc2F)c(F)nc2nccnc12. The number of fused-ring (bicyclic) bond motifs is 1. The van der Waals surface area contributed by atoms with Crippen molar-refractivity contribution >= 4 is 16.9 Å². The lowest BCUT2D eigenvalue weighted by Gasteiger charge is -2.22. The minimum atomic E-state index is -1.23. The van der Waals surface area contributed by atoms with Gasteiger partial charge in [-0.25, -0.2) is 23.1 Å². The van der Waals surface area contributed by atoms with Crippen LogP contribution in [0.5, 0.6) is 0 Å². The van der Waals surface area contributed by atoms with Crippen LogP contribution in [0.3, 0.4) is 0 Å². The number of halogens is 4. The van der Waals surface area contributed by atoms with Crippen molar-refractivity contribution in [3.05, 3.63) is 47.9 Å². The lowest BCUT2D eigenvalue weighted by Crippen LogP contribution is -2.23. The molecule has 1 N–H and O–H groups in total. The Hall–Kier alpha value is -2.77. The molecule has 0 fully saturated rings.